The zero-order valence-electron chi connectivity index (χ0n) is 14.8. The van der Waals surface area contributed by atoms with Crippen molar-refractivity contribution in [1.29, 1.82) is 0 Å². The van der Waals surface area contributed by atoms with Crippen LogP contribution in [0.5, 0.6) is 0 Å². The number of hydrogen-bond donors (Lipinski definition) is 1. The average molecular weight is 362 g/mol. The van der Waals surface area contributed by atoms with E-state index in [0.717, 1.165) is 23.4 Å². The highest BCUT2D eigenvalue weighted by molar-refractivity contribution is 7.98. The van der Waals surface area contributed by atoms with E-state index in [4.69, 9.17) is 0 Å². The SMILES string of the molecule is Cc1cc(C(=O)NCCCSCc2ccccc2F)c(=O)n(C)c1C. The monoisotopic (exact) mass is 362 g/mol. The predicted octanol–water partition coefficient (Wildman–Crippen LogP) is 3.19. The lowest BCUT2D eigenvalue weighted by Crippen LogP contribution is -2.34. The van der Waals surface area contributed by atoms with Gasteiger partial charge in [-0.3, -0.25) is 9.59 Å². The topological polar surface area (TPSA) is 51.1 Å². The van der Waals surface area contributed by atoms with Gasteiger partial charge in [-0.25, -0.2) is 4.39 Å². The normalized spacial score (nSPS) is 10.7. The fourth-order valence-electron chi connectivity index (χ4n) is 2.41. The number of hydrogen-bond acceptors (Lipinski definition) is 3. The van der Waals surface area contributed by atoms with E-state index >= 15 is 0 Å². The van der Waals surface area contributed by atoms with Gasteiger partial charge in [0.15, 0.2) is 0 Å². The number of carbonyl (C=O) groups is 1. The summed E-state index contributed by atoms with van der Waals surface area (Å²) in [6, 6.07) is 8.37. The quantitative estimate of drug-likeness (QED) is 0.770. The fourth-order valence-corrected chi connectivity index (χ4v) is 3.36. The van der Waals surface area contributed by atoms with Crippen molar-refractivity contribution in [3.63, 3.8) is 0 Å². The number of rotatable bonds is 7. The van der Waals surface area contributed by atoms with Crippen LogP contribution in [0.15, 0.2) is 35.1 Å². The second-order valence-corrected chi connectivity index (χ2v) is 7.05. The smallest absolute Gasteiger partial charge is 0.263 e. The summed E-state index contributed by atoms with van der Waals surface area (Å²) in [5, 5.41) is 2.78. The van der Waals surface area contributed by atoms with Gasteiger partial charge < -0.3 is 9.88 Å². The summed E-state index contributed by atoms with van der Waals surface area (Å²) in [5.74, 6) is 0.884. The van der Waals surface area contributed by atoms with E-state index < -0.39 is 0 Å². The van der Waals surface area contributed by atoms with Crippen LogP contribution in [0.1, 0.15) is 33.6 Å². The molecule has 6 heteroatoms. The van der Waals surface area contributed by atoms with Gasteiger partial charge in [-0.1, -0.05) is 18.2 Å². The van der Waals surface area contributed by atoms with Gasteiger partial charge in [0, 0.05) is 25.0 Å². The molecule has 0 fully saturated rings. The number of halogens is 1. The molecule has 0 aliphatic heterocycles. The minimum atomic E-state index is -0.345. The molecule has 0 bridgehead atoms. The molecule has 4 nitrogen and oxygen atoms in total. The minimum absolute atomic E-state index is 0.171. The van der Waals surface area contributed by atoms with Crippen molar-refractivity contribution in [3.8, 4) is 0 Å². The van der Waals surface area contributed by atoms with Gasteiger partial charge in [-0.2, -0.15) is 11.8 Å². The van der Waals surface area contributed by atoms with Crippen molar-refractivity contribution in [2.24, 2.45) is 7.05 Å². The molecule has 2 rings (SSSR count). The molecule has 1 heterocycles. The molecule has 25 heavy (non-hydrogen) atoms. The average Bonchev–Trinajstić information content (AvgIpc) is 2.60. The van der Waals surface area contributed by atoms with Crippen molar-refractivity contribution >= 4 is 17.7 Å². The molecule has 0 aliphatic carbocycles. The summed E-state index contributed by atoms with van der Waals surface area (Å²) in [5.41, 5.74) is 2.34. The molecule has 2 aromatic rings. The molecule has 1 amide bonds. The Bertz CT molecular complexity index is 818. The maximum Gasteiger partial charge on any atom is 0.263 e. The van der Waals surface area contributed by atoms with Crippen molar-refractivity contribution in [1.82, 2.24) is 9.88 Å². The summed E-state index contributed by atoms with van der Waals surface area (Å²) in [4.78, 5) is 24.4. The maximum atomic E-state index is 13.5. The zero-order chi connectivity index (χ0) is 18.4. The lowest BCUT2D eigenvalue weighted by atomic mass is 10.1. The van der Waals surface area contributed by atoms with Crippen LogP contribution in [-0.4, -0.2) is 22.8 Å². The van der Waals surface area contributed by atoms with Gasteiger partial charge in [-0.05, 0) is 49.3 Å². The van der Waals surface area contributed by atoms with E-state index in [9.17, 15) is 14.0 Å². The van der Waals surface area contributed by atoms with E-state index in [-0.39, 0.29) is 22.8 Å². The number of nitrogens with zero attached hydrogens (tertiary/aromatic N) is 1. The summed E-state index contributed by atoms with van der Waals surface area (Å²) in [6.07, 6.45) is 0.760. The van der Waals surface area contributed by atoms with Crippen LogP contribution < -0.4 is 10.9 Å². The molecular weight excluding hydrogens is 339 g/mol. The van der Waals surface area contributed by atoms with Gasteiger partial charge in [-0.15, -0.1) is 0 Å². The van der Waals surface area contributed by atoms with Crippen LogP contribution in [0.4, 0.5) is 4.39 Å². The number of aromatic nitrogens is 1. The Labute approximate surface area is 151 Å². The Balaban J connectivity index is 1.78. The van der Waals surface area contributed by atoms with Crippen molar-refractivity contribution in [3.05, 3.63) is 68.9 Å². The second-order valence-electron chi connectivity index (χ2n) is 5.94. The molecule has 0 aliphatic rings. The van der Waals surface area contributed by atoms with E-state index in [1.807, 2.05) is 19.9 Å². The van der Waals surface area contributed by atoms with Crippen LogP contribution in [0, 0.1) is 19.7 Å². The third-order valence-corrected chi connectivity index (χ3v) is 5.27. The zero-order valence-corrected chi connectivity index (χ0v) is 15.6. The first-order chi connectivity index (χ1) is 11.9. The molecule has 0 unspecified atom stereocenters. The Morgan fingerprint density at radius 1 is 1.28 bits per heavy atom. The van der Waals surface area contributed by atoms with Gasteiger partial charge in [0.2, 0.25) is 0 Å². The number of aryl methyl sites for hydroxylation is 1. The number of amides is 1. The number of benzene rings is 1. The van der Waals surface area contributed by atoms with Crippen LogP contribution in [0.2, 0.25) is 0 Å². The first-order valence-corrected chi connectivity index (χ1v) is 9.34. The Hall–Kier alpha value is -2.08. The van der Waals surface area contributed by atoms with E-state index in [2.05, 4.69) is 5.32 Å². The first kappa shape index (κ1) is 19.2. The largest absolute Gasteiger partial charge is 0.352 e. The van der Waals surface area contributed by atoms with Crippen LogP contribution in [0.25, 0.3) is 0 Å². The van der Waals surface area contributed by atoms with Crippen LogP contribution >= 0.6 is 11.8 Å². The van der Waals surface area contributed by atoms with Gasteiger partial charge in [0.25, 0.3) is 11.5 Å². The van der Waals surface area contributed by atoms with Crippen molar-refractivity contribution < 1.29 is 9.18 Å². The maximum absolute atomic E-state index is 13.5. The number of pyridine rings is 1. The van der Waals surface area contributed by atoms with E-state index in [0.29, 0.717) is 17.9 Å². The minimum Gasteiger partial charge on any atom is -0.352 e. The molecule has 1 aromatic carbocycles. The number of thioether (sulfide) groups is 1. The lowest BCUT2D eigenvalue weighted by molar-refractivity contribution is 0.0951. The lowest BCUT2D eigenvalue weighted by Gasteiger charge is -2.11. The second kappa shape index (κ2) is 8.85. The van der Waals surface area contributed by atoms with Crippen LogP contribution in [0.3, 0.4) is 0 Å². The van der Waals surface area contributed by atoms with Gasteiger partial charge >= 0.3 is 0 Å². The summed E-state index contributed by atoms with van der Waals surface area (Å²) >= 11 is 1.62. The highest BCUT2D eigenvalue weighted by atomic mass is 32.2. The molecular formula is C19H23FN2O2S. The molecule has 0 atom stereocenters. The Morgan fingerprint density at radius 3 is 2.72 bits per heavy atom. The first-order valence-electron chi connectivity index (χ1n) is 8.18. The third-order valence-electron chi connectivity index (χ3n) is 4.18. The Morgan fingerprint density at radius 2 is 2.00 bits per heavy atom. The fraction of sp³-hybridized carbons (Fsp3) is 0.368. The predicted molar refractivity (Wildman–Crippen MR) is 101 cm³/mol. The number of nitrogens with one attached hydrogen (secondary N) is 1. The number of carbonyl (C=O) groups excluding carboxylic acids is 1. The highest BCUT2D eigenvalue weighted by Crippen LogP contribution is 2.15. The molecule has 0 radical (unpaired) electrons. The summed E-state index contributed by atoms with van der Waals surface area (Å²) in [7, 11) is 1.67. The summed E-state index contributed by atoms with van der Waals surface area (Å²) < 4.78 is 15.0. The van der Waals surface area contributed by atoms with Crippen molar-refractivity contribution in [2.75, 3.05) is 12.3 Å². The molecule has 0 spiro atoms. The molecule has 1 aromatic heterocycles. The van der Waals surface area contributed by atoms with E-state index in [1.54, 1.807) is 37.0 Å². The molecule has 1 N–H and O–H groups in total. The van der Waals surface area contributed by atoms with Crippen molar-refractivity contribution in [2.45, 2.75) is 26.0 Å². The van der Waals surface area contributed by atoms with Gasteiger partial charge in [0.1, 0.15) is 11.4 Å². The van der Waals surface area contributed by atoms with Gasteiger partial charge in [0.05, 0.1) is 0 Å². The van der Waals surface area contributed by atoms with E-state index in [1.165, 1.54) is 10.6 Å². The summed E-state index contributed by atoms with van der Waals surface area (Å²) in [6.45, 7) is 4.22. The Kier molecular flexibility index (Phi) is 6.82. The third kappa shape index (κ3) is 4.95. The molecule has 0 saturated carbocycles. The molecule has 0 saturated heterocycles. The highest BCUT2D eigenvalue weighted by Gasteiger charge is 2.13. The van der Waals surface area contributed by atoms with Crippen LogP contribution in [-0.2, 0) is 12.8 Å². The molecule has 134 valence electrons. The standard InChI is InChI=1S/C19H23FN2O2S/c1-13-11-16(19(24)22(3)14(13)2)18(23)21-9-6-10-25-12-15-7-4-5-8-17(15)20/h4-5,7-8,11H,6,9-10,12H2,1-3H3,(H,21,23).